The van der Waals surface area contributed by atoms with Crippen molar-refractivity contribution in [2.75, 3.05) is 18.1 Å². The van der Waals surface area contributed by atoms with Crippen molar-refractivity contribution in [1.29, 1.82) is 0 Å². The monoisotopic (exact) mass is 334 g/mol. The van der Waals surface area contributed by atoms with Crippen molar-refractivity contribution >= 4 is 28.8 Å². The Kier molecular flexibility index (Phi) is 4.20. The topological polar surface area (TPSA) is 75.1 Å². The predicted octanol–water partition coefficient (Wildman–Crippen LogP) is 0.737. The van der Waals surface area contributed by atoms with E-state index in [2.05, 4.69) is 20.9 Å². The van der Waals surface area contributed by atoms with Crippen molar-refractivity contribution in [1.82, 2.24) is 25.6 Å². The van der Waals surface area contributed by atoms with Crippen LogP contribution in [0.1, 0.15) is 12.6 Å². The van der Waals surface area contributed by atoms with Gasteiger partial charge in [-0.15, -0.1) is 5.10 Å². The van der Waals surface area contributed by atoms with Gasteiger partial charge in [0.15, 0.2) is 0 Å². The van der Waals surface area contributed by atoms with Gasteiger partial charge in [0.05, 0.1) is 42.3 Å². The lowest BCUT2D eigenvalue weighted by atomic mass is 10.2. The van der Waals surface area contributed by atoms with Crippen LogP contribution in [0.4, 0.5) is 10.1 Å². The summed E-state index contributed by atoms with van der Waals surface area (Å²) < 4.78 is 15.8. The van der Waals surface area contributed by atoms with Crippen molar-refractivity contribution in [3.63, 3.8) is 0 Å². The Labute approximate surface area is 137 Å². The number of nitrogens with zero attached hydrogens (tertiary/aromatic N) is 4. The molecule has 0 atom stereocenters. The number of thiocarbonyl (C=S) groups is 1. The fraction of sp³-hybridized carbons (Fsp3) is 0.286. The van der Waals surface area contributed by atoms with Crippen LogP contribution < -0.4 is 15.5 Å². The van der Waals surface area contributed by atoms with Gasteiger partial charge in [-0.05, 0) is 19.1 Å². The number of halogens is 1. The summed E-state index contributed by atoms with van der Waals surface area (Å²) in [6.07, 6.45) is 1.71. The number of benzene rings is 1. The van der Waals surface area contributed by atoms with E-state index in [1.807, 2.05) is 0 Å². The molecule has 0 saturated carbocycles. The van der Waals surface area contributed by atoms with Crippen molar-refractivity contribution < 1.29 is 9.18 Å². The molecule has 2 N–H and O–H groups in total. The molecule has 23 heavy (non-hydrogen) atoms. The Morgan fingerprint density at radius 3 is 3.00 bits per heavy atom. The van der Waals surface area contributed by atoms with Crippen LogP contribution in [0, 0.1) is 5.82 Å². The first-order valence-corrected chi connectivity index (χ1v) is 7.41. The molecule has 0 unspecified atom stereocenters. The summed E-state index contributed by atoms with van der Waals surface area (Å²) in [4.78, 5) is 13.5. The quantitative estimate of drug-likeness (QED) is 0.803. The molecule has 3 rings (SSSR count). The largest absolute Gasteiger partial charge is 0.374 e. The molecule has 1 fully saturated rings. The molecule has 1 aliphatic heterocycles. The summed E-state index contributed by atoms with van der Waals surface area (Å²) in [5, 5.41) is 13.6. The minimum absolute atomic E-state index is 0.115. The van der Waals surface area contributed by atoms with Crippen LogP contribution in [0.15, 0.2) is 24.4 Å². The van der Waals surface area contributed by atoms with Gasteiger partial charge < -0.3 is 15.5 Å². The zero-order chi connectivity index (χ0) is 16.4. The van der Waals surface area contributed by atoms with Gasteiger partial charge in [-0.1, -0.05) is 17.4 Å². The van der Waals surface area contributed by atoms with E-state index in [4.69, 9.17) is 12.2 Å². The number of rotatable bonds is 4. The molecular weight excluding hydrogens is 319 g/mol. The summed E-state index contributed by atoms with van der Waals surface area (Å²) >= 11 is 4.94. The third-order valence-electron chi connectivity index (χ3n) is 3.40. The fourth-order valence-corrected chi connectivity index (χ4v) is 2.33. The lowest BCUT2D eigenvalue weighted by molar-refractivity contribution is -0.118. The van der Waals surface area contributed by atoms with Gasteiger partial charge in [0, 0.05) is 6.07 Å². The molecule has 2 heterocycles. The third-order valence-corrected chi connectivity index (χ3v) is 3.54. The molecule has 7 nitrogen and oxygen atoms in total. The van der Waals surface area contributed by atoms with Crippen LogP contribution in [0.3, 0.4) is 0 Å². The standard InChI is InChI=1S/C14H15FN6OS/c1-9(23)16-5-10-6-21(19-18-10)11-2-3-13(12(15)4-11)20-7-14(22)17-8-20/h2-4,6H,5,7-8H2,1H3,(H,16,23)(H,17,22). The Bertz CT molecular complexity index is 761. The first-order chi connectivity index (χ1) is 11.0. The Morgan fingerprint density at radius 1 is 1.52 bits per heavy atom. The Hall–Kier alpha value is -2.55. The maximum Gasteiger partial charge on any atom is 0.240 e. The third kappa shape index (κ3) is 3.45. The van der Waals surface area contributed by atoms with Crippen LogP contribution in [-0.2, 0) is 11.3 Å². The van der Waals surface area contributed by atoms with Crippen LogP contribution in [-0.4, -0.2) is 39.1 Å². The van der Waals surface area contributed by atoms with E-state index >= 15 is 0 Å². The van der Waals surface area contributed by atoms with E-state index in [1.54, 1.807) is 30.2 Å². The van der Waals surface area contributed by atoms with E-state index in [0.29, 0.717) is 35.3 Å². The van der Waals surface area contributed by atoms with E-state index < -0.39 is 5.82 Å². The van der Waals surface area contributed by atoms with Crippen LogP contribution >= 0.6 is 12.2 Å². The number of carbonyl (C=O) groups is 1. The molecule has 0 aliphatic carbocycles. The first kappa shape index (κ1) is 15.3. The van der Waals surface area contributed by atoms with Crippen molar-refractivity contribution in [2.45, 2.75) is 13.5 Å². The van der Waals surface area contributed by atoms with Gasteiger partial charge in [-0.25, -0.2) is 9.07 Å². The van der Waals surface area contributed by atoms with Crippen molar-refractivity contribution in [3.8, 4) is 5.69 Å². The van der Waals surface area contributed by atoms with E-state index in [1.165, 1.54) is 10.7 Å². The summed E-state index contributed by atoms with van der Waals surface area (Å²) in [6, 6.07) is 4.73. The zero-order valence-electron chi connectivity index (χ0n) is 12.4. The van der Waals surface area contributed by atoms with Crippen LogP contribution in [0.25, 0.3) is 5.69 Å². The Morgan fingerprint density at radius 2 is 2.35 bits per heavy atom. The first-order valence-electron chi connectivity index (χ1n) is 7.00. The number of hydrogen-bond donors (Lipinski definition) is 2. The second-order valence-electron chi connectivity index (χ2n) is 5.16. The highest BCUT2D eigenvalue weighted by Gasteiger charge is 2.21. The minimum atomic E-state index is -0.413. The van der Waals surface area contributed by atoms with Gasteiger partial charge in [-0.2, -0.15) is 0 Å². The highest BCUT2D eigenvalue weighted by molar-refractivity contribution is 7.80. The molecule has 120 valence electrons. The maximum atomic E-state index is 14.3. The van der Waals surface area contributed by atoms with E-state index in [9.17, 15) is 9.18 Å². The molecule has 1 aromatic carbocycles. The minimum Gasteiger partial charge on any atom is -0.374 e. The number of aromatic nitrogens is 3. The molecule has 1 amide bonds. The molecule has 1 aromatic heterocycles. The highest BCUT2D eigenvalue weighted by Crippen LogP contribution is 2.22. The lowest BCUT2D eigenvalue weighted by Crippen LogP contribution is -2.22. The number of nitrogens with one attached hydrogen (secondary N) is 2. The van der Waals surface area contributed by atoms with Crippen molar-refractivity contribution in [3.05, 3.63) is 35.9 Å². The summed E-state index contributed by atoms with van der Waals surface area (Å²) in [5.74, 6) is -0.528. The predicted molar refractivity (Wildman–Crippen MR) is 86.8 cm³/mol. The summed E-state index contributed by atoms with van der Waals surface area (Å²) in [5.41, 5.74) is 1.64. The molecule has 2 aromatic rings. The maximum absolute atomic E-state index is 14.3. The van der Waals surface area contributed by atoms with E-state index in [-0.39, 0.29) is 12.5 Å². The van der Waals surface area contributed by atoms with Crippen LogP contribution in [0.2, 0.25) is 0 Å². The second kappa shape index (κ2) is 6.29. The number of hydrogen-bond acceptors (Lipinski definition) is 5. The van der Waals surface area contributed by atoms with Gasteiger partial charge in [-0.3, -0.25) is 4.79 Å². The van der Waals surface area contributed by atoms with Gasteiger partial charge in [0.1, 0.15) is 11.5 Å². The van der Waals surface area contributed by atoms with Crippen LogP contribution in [0.5, 0.6) is 0 Å². The highest BCUT2D eigenvalue weighted by atomic mass is 32.1. The van der Waals surface area contributed by atoms with Crippen molar-refractivity contribution in [2.24, 2.45) is 0 Å². The molecule has 0 bridgehead atoms. The Balaban J connectivity index is 1.77. The van der Waals surface area contributed by atoms with Gasteiger partial charge in [0.2, 0.25) is 5.91 Å². The lowest BCUT2D eigenvalue weighted by Gasteiger charge is -2.16. The molecule has 0 spiro atoms. The summed E-state index contributed by atoms with van der Waals surface area (Å²) in [7, 11) is 0. The molecule has 1 aliphatic rings. The second-order valence-corrected chi connectivity index (χ2v) is 5.77. The number of carbonyl (C=O) groups excluding carboxylic acids is 1. The fourth-order valence-electron chi connectivity index (χ4n) is 2.25. The van der Waals surface area contributed by atoms with E-state index in [0.717, 1.165) is 0 Å². The molecular formula is C14H15FN6OS. The van der Waals surface area contributed by atoms with Gasteiger partial charge in [0.25, 0.3) is 0 Å². The average Bonchev–Trinajstić information content (AvgIpc) is 3.14. The molecule has 0 radical (unpaired) electrons. The zero-order valence-corrected chi connectivity index (χ0v) is 13.2. The molecule has 9 heteroatoms. The molecule has 1 saturated heterocycles. The van der Waals surface area contributed by atoms with Gasteiger partial charge >= 0.3 is 0 Å². The number of amides is 1. The summed E-state index contributed by atoms with van der Waals surface area (Å²) in [6.45, 7) is 2.72. The normalized spacial score (nSPS) is 14.0. The smallest absolute Gasteiger partial charge is 0.240 e. The number of anilines is 1. The average molecular weight is 334 g/mol. The SMILES string of the molecule is CC(=S)NCc1cn(-c2ccc(N3CNC(=O)C3)c(F)c2)nn1.